The molecule has 7 heteroatoms. The maximum atomic E-state index is 12.1. The Morgan fingerprint density at radius 1 is 1.30 bits per heavy atom. The molecule has 3 amide bonds. The highest BCUT2D eigenvalue weighted by Crippen LogP contribution is 2.18. The molecule has 0 saturated carbocycles. The molecule has 112 valence electrons. The third-order valence-corrected chi connectivity index (χ3v) is 3.19. The van der Waals surface area contributed by atoms with Crippen LogP contribution in [0.15, 0.2) is 5.16 Å². The first-order valence-corrected chi connectivity index (χ1v) is 6.93. The van der Waals surface area contributed by atoms with E-state index in [1.807, 2.05) is 13.8 Å². The lowest BCUT2D eigenvalue weighted by Crippen LogP contribution is -2.39. The SMILES string of the molecule is CCCCNC(=O)C1C(=O)N(CCCC)C(=O)/C1=N\O. The average molecular weight is 283 g/mol. The molecule has 0 aromatic heterocycles. The first-order valence-electron chi connectivity index (χ1n) is 6.93. The third kappa shape index (κ3) is 3.34. The second kappa shape index (κ2) is 7.62. The van der Waals surface area contributed by atoms with Gasteiger partial charge in [0, 0.05) is 13.1 Å². The van der Waals surface area contributed by atoms with Crippen LogP contribution in [0, 0.1) is 5.92 Å². The summed E-state index contributed by atoms with van der Waals surface area (Å²) in [5.74, 6) is -3.18. The van der Waals surface area contributed by atoms with Crippen molar-refractivity contribution in [3.05, 3.63) is 0 Å². The first kappa shape index (κ1) is 16.1. The van der Waals surface area contributed by atoms with Crippen LogP contribution in [0.2, 0.25) is 0 Å². The fraction of sp³-hybridized carbons (Fsp3) is 0.692. The molecule has 0 bridgehead atoms. The zero-order valence-electron chi connectivity index (χ0n) is 11.9. The number of carbonyl (C=O) groups is 3. The molecule has 0 spiro atoms. The van der Waals surface area contributed by atoms with E-state index in [9.17, 15) is 14.4 Å². The van der Waals surface area contributed by atoms with E-state index in [1.165, 1.54) is 0 Å². The van der Waals surface area contributed by atoms with E-state index >= 15 is 0 Å². The fourth-order valence-electron chi connectivity index (χ4n) is 1.99. The molecule has 1 aliphatic heterocycles. The van der Waals surface area contributed by atoms with Crippen molar-refractivity contribution in [3.8, 4) is 0 Å². The minimum absolute atomic E-state index is 0.242. The van der Waals surface area contributed by atoms with Gasteiger partial charge in [-0.05, 0) is 12.8 Å². The van der Waals surface area contributed by atoms with E-state index in [0.29, 0.717) is 13.0 Å². The molecule has 1 unspecified atom stereocenters. The topological polar surface area (TPSA) is 99.1 Å². The minimum Gasteiger partial charge on any atom is -0.410 e. The predicted octanol–water partition coefficient (Wildman–Crippen LogP) is 0.518. The van der Waals surface area contributed by atoms with Gasteiger partial charge in [-0.3, -0.25) is 19.3 Å². The molecule has 2 N–H and O–H groups in total. The highest BCUT2D eigenvalue weighted by Gasteiger charge is 2.49. The molecular formula is C13H21N3O4. The Kier molecular flexibility index (Phi) is 6.14. The summed E-state index contributed by atoms with van der Waals surface area (Å²) in [7, 11) is 0. The zero-order chi connectivity index (χ0) is 15.1. The lowest BCUT2D eigenvalue weighted by molar-refractivity contribution is -0.141. The van der Waals surface area contributed by atoms with Crippen molar-refractivity contribution >= 4 is 23.4 Å². The van der Waals surface area contributed by atoms with Gasteiger partial charge in [-0.2, -0.15) is 0 Å². The summed E-state index contributed by atoms with van der Waals surface area (Å²) in [5, 5.41) is 14.3. The number of imide groups is 1. The van der Waals surface area contributed by atoms with E-state index in [4.69, 9.17) is 5.21 Å². The molecule has 1 rings (SSSR count). The second-order valence-corrected chi connectivity index (χ2v) is 4.71. The van der Waals surface area contributed by atoms with Gasteiger partial charge in [-0.1, -0.05) is 31.8 Å². The van der Waals surface area contributed by atoms with E-state index in [2.05, 4.69) is 10.5 Å². The largest absolute Gasteiger partial charge is 0.410 e. The minimum atomic E-state index is -1.32. The van der Waals surface area contributed by atoms with Crippen LogP contribution < -0.4 is 5.32 Å². The highest BCUT2D eigenvalue weighted by atomic mass is 16.4. The van der Waals surface area contributed by atoms with Gasteiger partial charge in [0.15, 0.2) is 11.6 Å². The van der Waals surface area contributed by atoms with Crippen LogP contribution in [0.3, 0.4) is 0 Å². The van der Waals surface area contributed by atoms with Crippen molar-refractivity contribution in [2.75, 3.05) is 13.1 Å². The summed E-state index contributed by atoms with van der Waals surface area (Å²) >= 11 is 0. The van der Waals surface area contributed by atoms with Crippen molar-refractivity contribution in [1.29, 1.82) is 0 Å². The van der Waals surface area contributed by atoms with Crippen LogP contribution in [-0.4, -0.2) is 46.6 Å². The third-order valence-electron chi connectivity index (χ3n) is 3.19. The summed E-state index contributed by atoms with van der Waals surface area (Å²) in [6.07, 6.45) is 3.16. The standard InChI is InChI=1S/C13H21N3O4/c1-3-5-7-14-11(17)9-10(15-20)13(19)16(12(9)18)8-6-4-2/h9,20H,3-8H2,1-2H3,(H,14,17)/b15-10-. The van der Waals surface area contributed by atoms with Crippen molar-refractivity contribution < 1.29 is 19.6 Å². The smallest absolute Gasteiger partial charge is 0.279 e. The lowest BCUT2D eigenvalue weighted by Gasteiger charge is -2.13. The molecule has 1 atom stereocenters. The second-order valence-electron chi connectivity index (χ2n) is 4.71. The van der Waals surface area contributed by atoms with Crippen molar-refractivity contribution in [2.45, 2.75) is 39.5 Å². The maximum absolute atomic E-state index is 12.1. The van der Waals surface area contributed by atoms with E-state index in [0.717, 1.165) is 24.2 Å². The maximum Gasteiger partial charge on any atom is 0.279 e. The Balaban J connectivity index is 2.81. The summed E-state index contributed by atoms with van der Waals surface area (Å²) in [6, 6.07) is 0. The molecule has 1 saturated heterocycles. The number of carbonyl (C=O) groups excluding carboxylic acids is 3. The van der Waals surface area contributed by atoms with Gasteiger partial charge in [0.05, 0.1) is 0 Å². The van der Waals surface area contributed by atoms with Gasteiger partial charge >= 0.3 is 0 Å². The van der Waals surface area contributed by atoms with E-state index < -0.39 is 23.6 Å². The molecule has 0 aromatic rings. The normalized spacial score (nSPS) is 20.8. The van der Waals surface area contributed by atoms with Gasteiger partial charge in [0.2, 0.25) is 11.8 Å². The quantitative estimate of drug-likeness (QED) is 0.234. The van der Waals surface area contributed by atoms with Gasteiger partial charge in [-0.25, -0.2) is 0 Å². The monoisotopic (exact) mass is 283 g/mol. The first-order chi connectivity index (χ1) is 9.58. The number of rotatable bonds is 7. The molecule has 7 nitrogen and oxygen atoms in total. The Bertz CT molecular complexity index is 420. The fourth-order valence-corrected chi connectivity index (χ4v) is 1.99. The van der Waals surface area contributed by atoms with E-state index in [1.54, 1.807) is 0 Å². The number of oxime groups is 1. The van der Waals surface area contributed by atoms with Crippen molar-refractivity contribution in [3.63, 3.8) is 0 Å². The predicted molar refractivity (Wildman–Crippen MR) is 72.3 cm³/mol. The molecular weight excluding hydrogens is 262 g/mol. The summed E-state index contributed by atoms with van der Waals surface area (Å²) < 4.78 is 0. The van der Waals surface area contributed by atoms with Gasteiger partial charge < -0.3 is 10.5 Å². The molecule has 1 heterocycles. The number of hydrogen-bond acceptors (Lipinski definition) is 5. The summed E-state index contributed by atoms with van der Waals surface area (Å²) in [5.41, 5.74) is -0.389. The van der Waals surface area contributed by atoms with Crippen LogP contribution in [0.1, 0.15) is 39.5 Å². The molecule has 1 fully saturated rings. The molecule has 0 aromatic carbocycles. The molecule has 20 heavy (non-hydrogen) atoms. The van der Waals surface area contributed by atoms with Crippen LogP contribution in [0.25, 0.3) is 0 Å². The number of nitrogens with one attached hydrogen (secondary N) is 1. The molecule has 1 aliphatic rings. The van der Waals surface area contributed by atoms with Gasteiger partial charge in [0.25, 0.3) is 5.91 Å². The molecule has 0 radical (unpaired) electrons. The van der Waals surface area contributed by atoms with Crippen LogP contribution in [0.5, 0.6) is 0 Å². The summed E-state index contributed by atoms with van der Waals surface area (Å²) in [6.45, 7) is 4.58. The number of hydrogen-bond donors (Lipinski definition) is 2. The Morgan fingerprint density at radius 3 is 2.50 bits per heavy atom. The zero-order valence-corrected chi connectivity index (χ0v) is 11.9. The van der Waals surface area contributed by atoms with Crippen LogP contribution >= 0.6 is 0 Å². The Hall–Kier alpha value is -1.92. The average Bonchev–Trinajstić information content (AvgIpc) is 2.67. The number of unbranched alkanes of at least 4 members (excludes halogenated alkanes) is 2. The van der Waals surface area contributed by atoms with Crippen molar-refractivity contribution in [1.82, 2.24) is 10.2 Å². The van der Waals surface area contributed by atoms with Crippen LogP contribution in [0.4, 0.5) is 0 Å². The van der Waals surface area contributed by atoms with Gasteiger partial charge in [-0.15, -0.1) is 0 Å². The molecule has 0 aliphatic carbocycles. The number of amides is 3. The van der Waals surface area contributed by atoms with Crippen molar-refractivity contribution in [2.24, 2.45) is 11.1 Å². The number of likely N-dealkylation sites (tertiary alicyclic amines) is 1. The number of nitrogens with zero attached hydrogens (tertiary/aromatic N) is 2. The summed E-state index contributed by atoms with van der Waals surface area (Å²) in [4.78, 5) is 37.0. The Labute approximate surface area is 118 Å². The highest BCUT2D eigenvalue weighted by molar-refractivity contribution is 6.54. The Morgan fingerprint density at radius 2 is 1.95 bits per heavy atom. The van der Waals surface area contributed by atoms with Gasteiger partial charge in [0.1, 0.15) is 0 Å². The van der Waals surface area contributed by atoms with E-state index in [-0.39, 0.29) is 12.3 Å². The van der Waals surface area contributed by atoms with Crippen LogP contribution in [-0.2, 0) is 14.4 Å². The lowest BCUT2D eigenvalue weighted by atomic mass is 10.1.